The Bertz CT molecular complexity index is 627. The van der Waals surface area contributed by atoms with Crippen LogP contribution in [-0.4, -0.2) is 20.2 Å². The summed E-state index contributed by atoms with van der Waals surface area (Å²) in [6, 6.07) is 7.70. The number of benzene rings is 1. The van der Waals surface area contributed by atoms with Gasteiger partial charge in [0.2, 0.25) is 0 Å². The first kappa shape index (κ1) is 13.1. The van der Waals surface area contributed by atoms with E-state index in [0.717, 1.165) is 17.9 Å². The number of rotatable bonds is 3. The molecule has 5 nitrogen and oxygen atoms in total. The maximum absolute atomic E-state index is 6.02. The Hall–Kier alpha value is -1.91. The van der Waals surface area contributed by atoms with Crippen LogP contribution >= 0.6 is 0 Å². The van der Waals surface area contributed by atoms with Crippen molar-refractivity contribution < 1.29 is 0 Å². The summed E-state index contributed by atoms with van der Waals surface area (Å²) in [5.74, 6) is 1.32. The van der Waals surface area contributed by atoms with Gasteiger partial charge in [-0.15, -0.1) is 5.10 Å². The first-order valence-electron chi connectivity index (χ1n) is 6.97. The molecule has 1 aromatic carbocycles. The molecule has 1 fully saturated rings. The molecule has 0 radical (unpaired) electrons. The van der Waals surface area contributed by atoms with Crippen molar-refractivity contribution in [3.05, 3.63) is 24.3 Å². The molecule has 0 amide bonds. The van der Waals surface area contributed by atoms with E-state index in [0.29, 0.717) is 22.4 Å². The molecule has 1 aliphatic rings. The number of hydrogen-bond donors (Lipinski definition) is 1. The highest BCUT2D eigenvalue weighted by Crippen LogP contribution is 2.68. The molecule has 2 N–H and O–H groups in total. The van der Waals surface area contributed by atoms with Crippen LogP contribution in [-0.2, 0) is 6.54 Å². The van der Waals surface area contributed by atoms with Crippen molar-refractivity contribution in [1.29, 1.82) is 0 Å². The predicted octanol–water partition coefficient (Wildman–Crippen LogP) is 2.60. The highest BCUT2D eigenvalue weighted by Gasteiger charge is 2.64. The van der Waals surface area contributed by atoms with E-state index in [1.807, 2.05) is 28.9 Å². The molecule has 1 heterocycles. The molecular weight excluding hydrogens is 250 g/mol. The van der Waals surface area contributed by atoms with Gasteiger partial charge >= 0.3 is 0 Å². The van der Waals surface area contributed by atoms with Crippen LogP contribution in [0.4, 0.5) is 5.69 Å². The maximum atomic E-state index is 6.02. The summed E-state index contributed by atoms with van der Waals surface area (Å²) < 4.78 is 1.88. The van der Waals surface area contributed by atoms with Crippen molar-refractivity contribution in [3.8, 4) is 11.4 Å². The normalized spacial score (nSPS) is 20.0. The molecule has 106 valence electrons. The summed E-state index contributed by atoms with van der Waals surface area (Å²) in [5, 5.41) is 12.1. The molecule has 1 aliphatic carbocycles. The molecule has 0 atom stereocenters. The topological polar surface area (TPSA) is 69.6 Å². The van der Waals surface area contributed by atoms with Gasteiger partial charge in [0.15, 0.2) is 5.82 Å². The van der Waals surface area contributed by atoms with E-state index in [9.17, 15) is 0 Å². The smallest absolute Gasteiger partial charge is 0.184 e. The molecule has 3 rings (SSSR count). The minimum atomic E-state index is 0.318. The SMILES string of the molecule is CC1(C)C(Cn2nnnc2-c2ccccc2N)C1(C)C. The van der Waals surface area contributed by atoms with Crippen LogP contribution in [0.25, 0.3) is 11.4 Å². The third kappa shape index (κ3) is 1.72. The van der Waals surface area contributed by atoms with Crippen LogP contribution in [0.5, 0.6) is 0 Å². The number of aromatic nitrogens is 4. The number of hydrogen-bond acceptors (Lipinski definition) is 4. The van der Waals surface area contributed by atoms with Gasteiger partial charge in [0.25, 0.3) is 0 Å². The van der Waals surface area contributed by atoms with Crippen molar-refractivity contribution >= 4 is 5.69 Å². The average Bonchev–Trinajstić information content (AvgIpc) is 2.74. The van der Waals surface area contributed by atoms with Crippen LogP contribution < -0.4 is 5.73 Å². The molecule has 1 aromatic heterocycles. The van der Waals surface area contributed by atoms with E-state index in [4.69, 9.17) is 5.73 Å². The third-order valence-electron chi connectivity index (χ3n) is 5.41. The predicted molar refractivity (Wildman–Crippen MR) is 78.7 cm³/mol. The molecule has 2 aromatic rings. The number of tetrazole rings is 1. The minimum Gasteiger partial charge on any atom is -0.398 e. The summed E-state index contributed by atoms with van der Waals surface area (Å²) in [4.78, 5) is 0. The second kappa shape index (κ2) is 4.04. The zero-order chi connectivity index (χ0) is 14.5. The van der Waals surface area contributed by atoms with Gasteiger partial charge in [-0.05, 0) is 39.3 Å². The minimum absolute atomic E-state index is 0.318. The molecule has 0 aliphatic heterocycles. The van der Waals surface area contributed by atoms with E-state index in [1.165, 1.54) is 0 Å². The monoisotopic (exact) mass is 271 g/mol. The van der Waals surface area contributed by atoms with Gasteiger partial charge in [-0.2, -0.15) is 0 Å². The Morgan fingerprint density at radius 3 is 2.40 bits per heavy atom. The summed E-state index contributed by atoms with van der Waals surface area (Å²) in [7, 11) is 0. The van der Waals surface area contributed by atoms with Crippen LogP contribution in [0.15, 0.2) is 24.3 Å². The molecular formula is C15H21N5. The molecule has 0 unspecified atom stereocenters. The zero-order valence-corrected chi connectivity index (χ0v) is 12.5. The first-order valence-corrected chi connectivity index (χ1v) is 6.97. The number of anilines is 1. The largest absolute Gasteiger partial charge is 0.398 e. The van der Waals surface area contributed by atoms with Gasteiger partial charge in [0.1, 0.15) is 0 Å². The van der Waals surface area contributed by atoms with Crippen LogP contribution in [0.3, 0.4) is 0 Å². The van der Waals surface area contributed by atoms with Gasteiger partial charge in [0.05, 0.1) is 0 Å². The molecule has 20 heavy (non-hydrogen) atoms. The molecule has 0 bridgehead atoms. The molecule has 1 saturated carbocycles. The van der Waals surface area contributed by atoms with Gasteiger partial charge in [-0.25, -0.2) is 4.68 Å². The quantitative estimate of drug-likeness (QED) is 0.871. The lowest BCUT2D eigenvalue weighted by Gasteiger charge is -2.07. The van der Waals surface area contributed by atoms with E-state index < -0.39 is 0 Å². The van der Waals surface area contributed by atoms with E-state index >= 15 is 0 Å². The van der Waals surface area contributed by atoms with Crippen molar-refractivity contribution in [2.45, 2.75) is 34.2 Å². The fourth-order valence-electron chi connectivity index (χ4n) is 3.18. The van der Waals surface area contributed by atoms with Crippen molar-refractivity contribution in [1.82, 2.24) is 20.2 Å². The lowest BCUT2D eigenvalue weighted by molar-refractivity contribution is 0.457. The highest BCUT2D eigenvalue weighted by molar-refractivity contribution is 5.70. The van der Waals surface area contributed by atoms with E-state index in [1.54, 1.807) is 0 Å². The summed E-state index contributed by atoms with van der Waals surface area (Å²) in [5.41, 5.74) is 8.26. The van der Waals surface area contributed by atoms with Gasteiger partial charge in [0, 0.05) is 17.8 Å². The van der Waals surface area contributed by atoms with Gasteiger partial charge in [-0.3, -0.25) is 0 Å². The number of nitrogen functional groups attached to an aromatic ring is 1. The second-order valence-corrected chi connectivity index (χ2v) is 6.77. The number of nitrogens with zero attached hydrogens (tertiary/aromatic N) is 4. The van der Waals surface area contributed by atoms with E-state index in [2.05, 4.69) is 43.2 Å². The number of para-hydroxylation sites is 1. The highest BCUT2D eigenvalue weighted by atomic mass is 15.5. The lowest BCUT2D eigenvalue weighted by atomic mass is 10.0. The Kier molecular flexibility index (Phi) is 2.64. The summed E-state index contributed by atoms with van der Waals surface area (Å²) in [6.07, 6.45) is 0. The third-order valence-corrected chi connectivity index (χ3v) is 5.41. The molecule has 0 spiro atoms. The Morgan fingerprint density at radius 2 is 1.80 bits per heavy atom. The molecule has 5 heteroatoms. The maximum Gasteiger partial charge on any atom is 0.184 e. The van der Waals surface area contributed by atoms with Crippen molar-refractivity contribution in [3.63, 3.8) is 0 Å². The Morgan fingerprint density at radius 1 is 1.15 bits per heavy atom. The first-order chi connectivity index (χ1) is 9.35. The second-order valence-electron chi connectivity index (χ2n) is 6.77. The Balaban J connectivity index is 1.92. The van der Waals surface area contributed by atoms with Gasteiger partial charge < -0.3 is 5.73 Å². The van der Waals surface area contributed by atoms with E-state index in [-0.39, 0.29) is 0 Å². The zero-order valence-electron chi connectivity index (χ0n) is 12.5. The number of nitrogens with two attached hydrogens (primary N) is 1. The van der Waals surface area contributed by atoms with Crippen molar-refractivity contribution in [2.24, 2.45) is 16.7 Å². The summed E-state index contributed by atoms with van der Waals surface area (Å²) in [6.45, 7) is 10.0. The van der Waals surface area contributed by atoms with Crippen LogP contribution in [0, 0.1) is 16.7 Å². The average molecular weight is 271 g/mol. The fraction of sp³-hybridized carbons (Fsp3) is 0.533. The van der Waals surface area contributed by atoms with Gasteiger partial charge in [-0.1, -0.05) is 39.8 Å². The van der Waals surface area contributed by atoms with Crippen LogP contribution in [0.2, 0.25) is 0 Å². The standard InChI is InChI=1S/C15H21N5/c1-14(2)12(15(14,3)4)9-20-13(17-18-19-20)10-7-5-6-8-11(10)16/h5-8,12H,9,16H2,1-4H3. The van der Waals surface area contributed by atoms with Crippen molar-refractivity contribution in [2.75, 3.05) is 5.73 Å². The summed E-state index contributed by atoms with van der Waals surface area (Å²) >= 11 is 0. The molecule has 0 saturated heterocycles. The fourth-order valence-corrected chi connectivity index (χ4v) is 3.18. The van der Waals surface area contributed by atoms with Crippen LogP contribution in [0.1, 0.15) is 27.7 Å². The lowest BCUT2D eigenvalue weighted by Crippen LogP contribution is -2.09. The Labute approximate surface area is 119 Å².